The summed E-state index contributed by atoms with van der Waals surface area (Å²) >= 11 is 8.31. The third kappa shape index (κ3) is 2.80. The van der Waals surface area contributed by atoms with E-state index < -0.39 is 0 Å². The van der Waals surface area contributed by atoms with Crippen LogP contribution in [0.3, 0.4) is 0 Å². The minimum atomic E-state index is -0.243. The van der Waals surface area contributed by atoms with Crippen LogP contribution in [0, 0.1) is 5.82 Å². The molecule has 1 N–H and O–H groups in total. The zero-order valence-corrected chi connectivity index (χ0v) is 13.4. The van der Waals surface area contributed by atoms with Crippen molar-refractivity contribution >= 4 is 64.2 Å². The van der Waals surface area contributed by atoms with E-state index in [1.165, 1.54) is 23.5 Å². The van der Waals surface area contributed by atoms with Crippen molar-refractivity contribution in [3.63, 3.8) is 0 Å². The fourth-order valence-electron chi connectivity index (χ4n) is 1.66. The summed E-state index contributed by atoms with van der Waals surface area (Å²) in [5, 5.41) is 3.97. The van der Waals surface area contributed by atoms with Crippen molar-refractivity contribution < 1.29 is 4.39 Å². The fraction of sp³-hybridized carbons (Fsp3) is 0. The molecule has 0 spiro atoms. The number of hydrogen-bond donors (Lipinski definition) is 1. The van der Waals surface area contributed by atoms with Crippen LogP contribution in [-0.2, 0) is 0 Å². The monoisotopic (exact) mass is 400 g/mol. The zero-order chi connectivity index (χ0) is 13.4. The average molecular weight is 402 g/mol. The lowest BCUT2D eigenvalue weighted by Gasteiger charge is -2.05. The standard InChI is InChI=1S/C13H7Br2FN2S/c14-7-1-3-10(9(15)5-7)17-13-18-11-4-2-8(16)6-12(11)19-13/h1-6H,(H,17,18). The number of anilines is 2. The molecule has 3 aromatic rings. The molecule has 6 heteroatoms. The summed E-state index contributed by atoms with van der Waals surface area (Å²) in [6.07, 6.45) is 0. The van der Waals surface area contributed by atoms with E-state index in [9.17, 15) is 4.39 Å². The maximum Gasteiger partial charge on any atom is 0.188 e. The van der Waals surface area contributed by atoms with E-state index in [4.69, 9.17) is 0 Å². The van der Waals surface area contributed by atoms with E-state index in [1.807, 2.05) is 18.2 Å². The predicted octanol–water partition coefficient (Wildman–Crippen LogP) is 5.70. The van der Waals surface area contributed by atoms with Crippen LogP contribution in [0.15, 0.2) is 45.3 Å². The molecule has 0 radical (unpaired) electrons. The predicted molar refractivity (Wildman–Crippen MR) is 84.7 cm³/mol. The second-order valence-electron chi connectivity index (χ2n) is 3.88. The van der Waals surface area contributed by atoms with Crippen LogP contribution in [0.2, 0.25) is 0 Å². The normalized spacial score (nSPS) is 10.9. The van der Waals surface area contributed by atoms with Crippen LogP contribution in [0.1, 0.15) is 0 Å². The summed E-state index contributed by atoms with van der Waals surface area (Å²) in [5.74, 6) is -0.243. The number of nitrogens with zero attached hydrogens (tertiary/aromatic N) is 1. The van der Waals surface area contributed by atoms with Crippen molar-refractivity contribution in [1.29, 1.82) is 0 Å². The van der Waals surface area contributed by atoms with Gasteiger partial charge in [0.1, 0.15) is 5.82 Å². The number of halogens is 3. The molecule has 1 heterocycles. The Morgan fingerprint density at radius 2 is 1.95 bits per heavy atom. The summed E-state index contributed by atoms with van der Waals surface area (Å²) in [5.41, 5.74) is 1.71. The van der Waals surface area contributed by atoms with E-state index in [2.05, 4.69) is 42.2 Å². The topological polar surface area (TPSA) is 24.9 Å². The largest absolute Gasteiger partial charge is 0.331 e. The summed E-state index contributed by atoms with van der Waals surface area (Å²) in [6, 6.07) is 10.4. The number of aromatic nitrogens is 1. The van der Waals surface area contributed by atoms with Gasteiger partial charge in [0.25, 0.3) is 0 Å². The average Bonchev–Trinajstić information content (AvgIpc) is 2.74. The molecule has 2 nitrogen and oxygen atoms in total. The van der Waals surface area contributed by atoms with Gasteiger partial charge in [-0.1, -0.05) is 27.3 Å². The van der Waals surface area contributed by atoms with Crippen LogP contribution in [0.4, 0.5) is 15.2 Å². The Labute approximate surface area is 129 Å². The van der Waals surface area contributed by atoms with Gasteiger partial charge in [-0.05, 0) is 52.3 Å². The van der Waals surface area contributed by atoms with Crippen LogP contribution >= 0.6 is 43.2 Å². The number of thiazole rings is 1. The van der Waals surface area contributed by atoms with Gasteiger partial charge in [0, 0.05) is 8.95 Å². The van der Waals surface area contributed by atoms with Gasteiger partial charge in [-0.15, -0.1) is 0 Å². The number of rotatable bonds is 2. The summed E-state index contributed by atoms with van der Waals surface area (Å²) < 4.78 is 15.9. The molecule has 2 aromatic carbocycles. The van der Waals surface area contributed by atoms with Crippen LogP contribution < -0.4 is 5.32 Å². The maximum atomic E-state index is 13.1. The van der Waals surface area contributed by atoms with Crippen molar-refractivity contribution in [2.24, 2.45) is 0 Å². The minimum Gasteiger partial charge on any atom is -0.331 e. The van der Waals surface area contributed by atoms with Gasteiger partial charge in [0.2, 0.25) is 0 Å². The highest BCUT2D eigenvalue weighted by molar-refractivity contribution is 9.11. The Kier molecular flexibility index (Phi) is 3.56. The highest BCUT2D eigenvalue weighted by Crippen LogP contribution is 2.32. The number of hydrogen-bond acceptors (Lipinski definition) is 3. The third-order valence-corrected chi connectivity index (χ3v) is 4.61. The van der Waals surface area contributed by atoms with Crippen LogP contribution in [-0.4, -0.2) is 4.98 Å². The first kappa shape index (κ1) is 13.0. The highest BCUT2D eigenvalue weighted by Gasteiger charge is 2.07. The Morgan fingerprint density at radius 3 is 2.74 bits per heavy atom. The summed E-state index contributed by atoms with van der Waals surface area (Å²) in [7, 11) is 0. The van der Waals surface area contributed by atoms with Crippen LogP contribution in [0.25, 0.3) is 10.2 Å². The molecule has 0 amide bonds. The van der Waals surface area contributed by atoms with E-state index >= 15 is 0 Å². The van der Waals surface area contributed by atoms with Gasteiger partial charge in [0.05, 0.1) is 15.9 Å². The lowest BCUT2D eigenvalue weighted by Crippen LogP contribution is -1.90. The zero-order valence-electron chi connectivity index (χ0n) is 9.45. The Hall–Kier alpha value is -0.980. The van der Waals surface area contributed by atoms with Gasteiger partial charge in [-0.2, -0.15) is 0 Å². The molecular weight excluding hydrogens is 395 g/mol. The molecule has 19 heavy (non-hydrogen) atoms. The van der Waals surface area contributed by atoms with Gasteiger partial charge < -0.3 is 5.32 Å². The van der Waals surface area contributed by atoms with Gasteiger partial charge in [-0.25, -0.2) is 9.37 Å². The lowest BCUT2D eigenvalue weighted by atomic mass is 10.3. The summed E-state index contributed by atoms with van der Waals surface area (Å²) in [6.45, 7) is 0. The van der Waals surface area contributed by atoms with Gasteiger partial charge >= 0.3 is 0 Å². The minimum absolute atomic E-state index is 0.243. The number of fused-ring (bicyclic) bond motifs is 1. The third-order valence-electron chi connectivity index (χ3n) is 2.52. The molecule has 0 atom stereocenters. The molecule has 96 valence electrons. The second kappa shape index (κ2) is 5.19. The Balaban J connectivity index is 1.96. The number of benzene rings is 2. The molecule has 0 bridgehead atoms. The van der Waals surface area contributed by atoms with Crippen molar-refractivity contribution in [2.75, 3.05) is 5.32 Å². The molecule has 1 aromatic heterocycles. The fourth-order valence-corrected chi connectivity index (χ4v) is 3.71. The van der Waals surface area contributed by atoms with E-state index in [-0.39, 0.29) is 5.82 Å². The highest BCUT2D eigenvalue weighted by atomic mass is 79.9. The molecule has 0 saturated heterocycles. The lowest BCUT2D eigenvalue weighted by molar-refractivity contribution is 0.630. The number of nitrogens with one attached hydrogen (secondary N) is 1. The van der Waals surface area contributed by atoms with Crippen molar-refractivity contribution in [1.82, 2.24) is 4.98 Å². The van der Waals surface area contributed by atoms with Gasteiger partial charge in [0.15, 0.2) is 5.13 Å². The van der Waals surface area contributed by atoms with Gasteiger partial charge in [-0.3, -0.25) is 0 Å². The SMILES string of the molecule is Fc1ccc2nc(Nc3ccc(Br)cc3Br)sc2c1. The van der Waals surface area contributed by atoms with E-state index in [0.29, 0.717) is 0 Å². The molecule has 0 aliphatic carbocycles. The molecular formula is C13H7Br2FN2S. The summed E-state index contributed by atoms with van der Waals surface area (Å²) in [4.78, 5) is 4.42. The first-order valence-corrected chi connectivity index (χ1v) is 7.80. The second-order valence-corrected chi connectivity index (χ2v) is 6.68. The molecule has 0 fully saturated rings. The Bertz CT molecular complexity index is 757. The molecule has 0 aliphatic rings. The molecule has 3 rings (SSSR count). The quantitative estimate of drug-likeness (QED) is 0.595. The Morgan fingerprint density at radius 1 is 1.11 bits per heavy atom. The van der Waals surface area contributed by atoms with E-state index in [0.717, 1.165) is 30.0 Å². The van der Waals surface area contributed by atoms with Crippen molar-refractivity contribution in [2.45, 2.75) is 0 Å². The molecule has 0 unspecified atom stereocenters. The van der Waals surface area contributed by atoms with E-state index in [1.54, 1.807) is 6.07 Å². The van der Waals surface area contributed by atoms with Crippen molar-refractivity contribution in [3.05, 3.63) is 51.2 Å². The molecule has 0 aliphatic heterocycles. The maximum absolute atomic E-state index is 13.1. The smallest absolute Gasteiger partial charge is 0.188 e. The van der Waals surface area contributed by atoms with Crippen molar-refractivity contribution in [3.8, 4) is 0 Å². The first-order chi connectivity index (χ1) is 9.11. The van der Waals surface area contributed by atoms with Crippen LogP contribution in [0.5, 0.6) is 0 Å². The molecule has 0 saturated carbocycles. The first-order valence-electron chi connectivity index (χ1n) is 5.40.